The Bertz CT molecular complexity index is 973. The molecule has 3 aromatic rings. The Hall–Kier alpha value is -1.25. The molecule has 0 atom stereocenters. The highest BCUT2D eigenvalue weighted by molar-refractivity contribution is 9.11. The SMILES string of the molecule is O=C(c1cc(Br)c(O)c(Br)c1)c1c(C2CC2)nc2ncc(Br)cn12. The quantitative estimate of drug-likeness (QED) is 0.507. The van der Waals surface area contributed by atoms with Crippen molar-refractivity contribution >= 4 is 59.4 Å². The molecule has 2 aromatic heterocycles. The summed E-state index contributed by atoms with van der Waals surface area (Å²) in [5.41, 5.74) is 1.80. The minimum atomic E-state index is -0.147. The number of hydrogen-bond donors (Lipinski definition) is 1. The van der Waals surface area contributed by atoms with Gasteiger partial charge < -0.3 is 5.11 Å². The van der Waals surface area contributed by atoms with Crippen LogP contribution in [0.2, 0.25) is 0 Å². The summed E-state index contributed by atoms with van der Waals surface area (Å²) in [4.78, 5) is 22.0. The Morgan fingerprint density at radius 2 is 1.88 bits per heavy atom. The topological polar surface area (TPSA) is 67.5 Å². The summed E-state index contributed by atoms with van der Waals surface area (Å²) >= 11 is 9.95. The van der Waals surface area contributed by atoms with Crippen LogP contribution in [0, 0.1) is 0 Å². The molecule has 1 saturated carbocycles. The van der Waals surface area contributed by atoms with Crippen LogP contribution in [0.15, 0.2) is 37.9 Å². The number of phenolic OH excluding ortho intramolecular Hbond substituents is 1. The molecule has 2 heterocycles. The molecule has 1 aliphatic carbocycles. The summed E-state index contributed by atoms with van der Waals surface area (Å²) in [5, 5.41) is 9.87. The lowest BCUT2D eigenvalue weighted by molar-refractivity contribution is 0.103. The fourth-order valence-electron chi connectivity index (χ4n) is 2.63. The maximum atomic E-state index is 13.2. The number of hydrogen-bond acceptors (Lipinski definition) is 4. The van der Waals surface area contributed by atoms with E-state index in [0.717, 1.165) is 23.0 Å². The highest BCUT2D eigenvalue weighted by atomic mass is 79.9. The largest absolute Gasteiger partial charge is 0.506 e. The second-order valence-corrected chi connectivity index (χ2v) is 8.30. The Kier molecular flexibility index (Phi) is 4.01. The first kappa shape index (κ1) is 16.2. The van der Waals surface area contributed by atoms with Gasteiger partial charge in [-0.15, -0.1) is 0 Å². The molecule has 0 saturated heterocycles. The Morgan fingerprint density at radius 1 is 1.21 bits per heavy atom. The molecule has 1 aliphatic rings. The molecule has 0 bridgehead atoms. The van der Waals surface area contributed by atoms with E-state index in [1.807, 2.05) is 0 Å². The summed E-state index contributed by atoms with van der Waals surface area (Å²) in [6.07, 6.45) is 5.54. The number of imidazole rings is 1. The number of benzene rings is 1. The second kappa shape index (κ2) is 5.93. The van der Waals surface area contributed by atoms with Gasteiger partial charge in [0, 0.05) is 23.9 Å². The zero-order chi connectivity index (χ0) is 17.0. The highest BCUT2D eigenvalue weighted by Crippen LogP contribution is 2.42. The maximum absolute atomic E-state index is 13.2. The summed E-state index contributed by atoms with van der Waals surface area (Å²) in [5.74, 6) is 0.746. The number of phenols is 1. The van der Waals surface area contributed by atoms with Gasteiger partial charge in [0.25, 0.3) is 0 Å². The van der Waals surface area contributed by atoms with E-state index in [9.17, 15) is 9.90 Å². The van der Waals surface area contributed by atoms with Crippen LogP contribution in [-0.4, -0.2) is 25.3 Å². The number of rotatable bonds is 3. The Morgan fingerprint density at radius 3 is 2.50 bits per heavy atom. The molecule has 5 nitrogen and oxygen atoms in total. The van der Waals surface area contributed by atoms with Crippen molar-refractivity contribution in [3.8, 4) is 5.75 Å². The third kappa shape index (κ3) is 2.70. The summed E-state index contributed by atoms with van der Waals surface area (Å²) in [6.45, 7) is 0. The van der Waals surface area contributed by atoms with Gasteiger partial charge in [0.15, 0.2) is 0 Å². The van der Waals surface area contributed by atoms with Crippen molar-refractivity contribution in [3.05, 3.63) is 54.9 Å². The Labute approximate surface area is 162 Å². The van der Waals surface area contributed by atoms with E-state index >= 15 is 0 Å². The first-order chi connectivity index (χ1) is 11.5. The van der Waals surface area contributed by atoms with Crippen LogP contribution in [0.1, 0.15) is 40.5 Å². The molecule has 0 spiro atoms. The summed E-state index contributed by atoms with van der Waals surface area (Å²) in [6, 6.07) is 3.23. The van der Waals surface area contributed by atoms with Crippen molar-refractivity contribution in [3.63, 3.8) is 0 Å². The molecule has 122 valence electrons. The Balaban J connectivity index is 1.93. The minimum Gasteiger partial charge on any atom is -0.506 e. The number of fused-ring (bicyclic) bond motifs is 1. The standard InChI is InChI=1S/C16H10Br3N3O2/c17-9-5-20-16-21-12(7-1-2-7)13(22(16)6-9)14(23)8-3-10(18)15(24)11(19)4-8/h3-7,24H,1-2H2. The molecule has 24 heavy (non-hydrogen) atoms. The fraction of sp³-hybridized carbons (Fsp3) is 0.188. The van der Waals surface area contributed by atoms with Gasteiger partial charge in [-0.2, -0.15) is 0 Å². The highest BCUT2D eigenvalue weighted by Gasteiger charge is 2.33. The van der Waals surface area contributed by atoms with Gasteiger partial charge in [-0.1, -0.05) is 0 Å². The van der Waals surface area contributed by atoms with Crippen molar-refractivity contribution in [1.29, 1.82) is 0 Å². The van der Waals surface area contributed by atoms with Crippen LogP contribution in [0.3, 0.4) is 0 Å². The van der Waals surface area contributed by atoms with Crippen LogP contribution < -0.4 is 0 Å². The number of halogens is 3. The number of nitrogens with zero attached hydrogens (tertiary/aromatic N) is 3. The van der Waals surface area contributed by atoms with Crippen molar-refractivity contribution in [1.82, 2.24) is 14.4 Å². The number of carbonyl (C=O) groups excluding carboxylic acids is 1. The molecular weight excluding hydrogens is 506 g/mol. The minimum absolute atomic E-state index is 0.0662. The lowest BCUT2D eigenvalue weighted by Gasteiger charge is -2.07. The first-order valence-electron chi connectivity index (χ1n) is 7.22. The monoisotopic (exact) mass is 513 g/mol. The van der Waals surface area contributed by atoms with Gasteiger partial charge in [-0.3, -0.25) is 9.20 Å². The lowest BCUT2D eigenvalue weighted by atomic mass is 10.0. The normalized spacial score (nSPS) is 14.3. The zero-order valence-corrected chi connectivity index (χ0v) is 16.9. The second-order valence-electron chi connectivity index (χ2n) is 5.68. The smallest absolute Gasteiger partial charge is 0.234 e. The molecule has 0 amide bonds. The van der Waals surface area contributed by atoms with Crippen LogP contribution in [0.5, 0.6) is 5.75 Å². The van der Waals surface area contributed by atoms with E-state index in [-0.39, 0.29) is 11.5 Å². The van der Waals surface area contributed by atoms with E-state index in [2.05, 4.69) is 57.8 Å². The van der Waals surface area contributed by atoms with E-state index in [1.54, 1.807) is 28.9 Å². The van der Waals surface area contributed by atoms with Gasteiger partial charge in [0.2, 0.25) is 11.6 Å². The van der Waals surface area contributed by atoms with E-state index in [1.165, 1.54) is 0 Å². The van der Waals surface area contributed by atoms with E-state index < -0.39 is 0 Å². The molecule has 1 aromatic carbocycles. The molecule has 4 rings (SSSR count). The van der Waals surface area contributed by atoms with Crippen molar-refractivity contribution in [2.75, 3.05) is 0 Å². The maximum Gasteiger partial charge on any atom is 0.234 e. The van der Waals surface area contributed by atoms with Gasteiger partial charge in [0.05, 0.1) is 19.1 Å². The van der Waals surface area contributed by atoms with Crippen molar-refractivity contribution in [2.45, 2.75) is 18.8 Å². The molecule has 1 N–H and O–H groups in total. The number of carbonyl (C=O) groups is 1. The zero-order valence-electron chi connectivity index (χ0n) is 12.1. The number of aromatic hydroxyl groups is 1. The molecule has 0 radical (unpaired) electrons. The van der Waals surface area contributed by atoms with Gasteiger partial charge >= 0.3 is 0 Å². The van der Waals surface area contributed by atoms with Crippen molar-refractivity contribution < 1.29 is 9.90 Å². The lowest BCUT2D eigenvalue weighted by Crippen LogP contribution is -2.08. The van der Waals surface area contributed by atoms with Crippen LogP contribution >= 0.6 is 47.8 Å². The predicted molar refractivity (Wildman–Crippen MR) is 99.6 cm³/mol. The van der Waals surface area contributed by atoms with Crippen LogP contribution in [0.4, 0.5) is 0 Å². The fourth-order valence-corrected chi connectivity index (χ4v) is 4.12. The number of ketones is 1. The third-order valence-electron chi connectivity index (χ3n) is 3.93. The molecule has 0 aliphatic heterocycles. The number of aromatic nitrogens is 3. The van der Waals surface area contributed by atoms with E-state index in [0.29, 0.717) is 31.9 Å². The molecule has 1 fully saturated rings. The van der Waals surface area contributed by atoms with Gasteiger partial charge in [0.1, 0.15) is 11.4 Å². The van der Waals surface area contributed by atoms with Crippen LogP contribution in [0.25, 0.3) is 5.78 Å². The average Bonchev–Trinajstić information content (AvgIpc) is 3.32. The van der Waals surface area contributed by atoms with Gasteiger partial charge in [-0.05, 0) is 72.8 Å². The van der Waals surface area contributed by atoms with E-state index in [4.69, 9.17) is 0 Å². The molecule has 8 heteroatoms. The van der Waals surface area contributed by atoms with Crippen LogP contribution in [-0.2, 0) is 0 Å². The third-order valence-corrected chi connectivity index (χ3v) is 5.55. The first-order valence-corrected chi connectivity index (χ1v) is 9.60. The summed E-state index contributed by atoms with van der Waals surface area (Å²) in [7, 11) is 0. The van der Waals surface area contributed by atoms with Gasteiger partial charge in [-0.25, -0.2) is 9.97 Å². The molecular formula is C16H10Br3N3O2. The summed E-state index contributed by atoms with van der Waals surface area (Å²) < 4.78 is 3.42. The molecule has 0 unspecified atom stereocenters. The average molecular weight is 516 g/mol. The van der Waals surface area contributed by atoms with Crippen molar-refractivity contribution in [2.24, 2.45) is 0 Å². The predicted octanol–water partition coefficient (Wildman–Crippen LogP) is 4.83.